The van der Waals surface area contributed by atoms with Gasteiger partial charge >= 0.3 is 0 Å². The summed E-state index contributed by atoms with van der Waals surface area (Å²) in [7, 11) is 0. The molecule has 0 saturated heterocycles. The molecule has 1 atom stereocenters. The Hall–Kier alpha value is -3.04. The summed E-state index contributed by atoms with van der Waals surface area (Å²) in [5, 5.41) is 11.2. The lowest BCUT2D eigenvalue weighted by atomic mass is 10.2. The van der Waals surface area contributed by atoms with Crippen LogP contribution < -0.4 is 24.3 Å². The quantitative estimate of drug-likeness (QED) is 0.244. The van der Waals surface area contributed by atoms with E-state index in [2.05, 4.69) is 15.5 Å². The van der Waals surface area contributed by atoms with E-state index in [0.29, 0.717) is 55.1 Å². The van der Waals surface area contributed by atoms with E-state index in [1.54, 1.807) is 19.1 Å². The van der Waals surface area contributed by atoms with E-state index < -0.39 is 17.7 Å². The minimum absolute atomic E-state index is 0.265. The Labute approximate surface area is 214 Å². The van der Waals surface area contributed by atoms with Crippen molar-refractivity contribution in [1.82, 2.24) is 0 Å². The number of hydrogen-bond acceptors (Lipinski definition) is 8. The van der Waals surface area contributed by atoms with E-state index in [0.717, 1.165) is 0 Å². The molecule has 1 N–H and O–H groups in total. The van der Waals surface area contributed by atoms with Gasteiger partial charge in [0.1, 0.15) is 11.5 Å². The maximum absolute atomic E-state index is 12.9. The van der Waals surface area contributed by atoms with Crippen molar-refractivity contribution in [2.75, 3.05) is 31.7 Å². The van der Waals surface area contributed by atoms with Gasteiger partial charge in [0, 0.05) is 12.1 Å². The molecule has 1 unspecified atom stereocenters. The highest BCUT2D eigenvalue weighted by Gasteiger charge is 2.25. The molecule has 0 bridgehead atoms. The molecule has 0 aromatic heterocycles. The molecule has 190 valence electrons. The Morgan fingerprint density at radius 2 is 1.43 bits per heavy atom. The van der Waals surface area contributed by atoms with Gasteiger partial charge in [-0.2, -0.15) is 10.2 Å². The van der Waals surface area contributed by atoms with Crippen molar-refractivity contribution in [3.63, 3.8) is 0 Å². The summed E-state index contributed by atoms with van der Waals surface area (Å²) in [5.41, 5.74) is 0.564. The predicted octanol–water partition coefficient (Wildman–Crippen LogP) is 6.27. The third-order valence-corrected chi connectivity index (χ3v) is 4.97. The SMILES string of the molecule is CCOc1cc(OCC)c(NC(=O)C(N=Nc2cc(Cl)c(OCC)c(OCC)c2)C(C)=O)cc1Cl. The molecule has 11 heteroatoms. The number of carbonyl (C=O) groups excluding carboxylic acids is 2. The smallest absolute Gasteiger partial charge is 0.258 e. The van der Waals surface area contributed by atoms with Gasteiger partial charge in [0.2, 0.25) is 6.04 Å². The number of anilines is 1. The number of nitrogens with zero attached hydrogens (tertiary/aromatic N) is 2. The number of carbonyl (C=O) groups is 2. The number of ketones is 1. The number of hydrogen-bond donors (Lipinski definition) is 1. The minimum Gasteiger partial charge on any atom is -0.492 e. The van der Waals surface area contributed by atoms with E-state index in [-0.39, 0.29) is 15.7 Å². The van der Waals surface area contributed by atoms with Crippen LogP contribution in [-0.2, 0) is 9.59 Å². The van der Waals surface area contributed by atoms with Crippen molar-refractivity contribution in [2.24, 2.45) is 10.2 Å². The van der Waals surface area contributed by atoms with E-state index in [1.165, 1.54) is 19.1 Å². The van der Waals surface area contributed by atoms with Gasteiger partial charge < -0.3 is 24.3 Å². The van der Waals surface area contributed by atoms with Crippen molar-refractivity contribution >= 4 is 46.3 Å². The number of amides is 1. The van der Waals surface area contributed by atoms with Gasteiger partial charge in [-0.15, -0.1) is 0 Å². The molecule has 0 fully saturated rings. The van der Waals surface area contributed by atoms with Crippen LogP contribution >= 0.6 is 23.2 Å². The molecule has 0 spiro atoms. The van der Waals surface area contributed by atoms with Gasteiger partial charge in [0.15, 0.2) is 17.3 Å². The highest BCUT2D eigenvalue weighted by atomic mass is 35.5. The fourth-order valence-corrected chi connectivity index (χ4v) is 3.45. The number of nitrogens with one attached hydrogen (secondary N) is 1. The molecule has 2 rings (SSSR count). The maximum atomic E-state index is 12.9. The van der Waals surface area contributed by atoms with Crippen molar-refractivity contribution in [2.45, 2.75) is 40.7 Å². The molecular formula is C24H29Cl2N3O6. The fraction of sp³-hybridized carbons (Fsp3) is 0.417. The highest BCUT2D eigenvalue weighted by Crippen LogP contribution is 2.40. The number of benzene rings is 2. The molecule has 0 heterocycles. The summed E-state index contributed by atoms with van der Waals surface area (Å²) >= 11 is 12.6. The highest BCUT2D eigenvalue weighted by molar-refractivity contribution is 6.33. The summed E-state index contributed by atoms with van der Waals surface area (Å²) in [6, 6.07) is 4.72. The molecule has 9 nitrogen and oxygen atoms in total. The number of azo groups is 1. The van der Waals surface area contributed by atoms with Crippen LogP contribution in [-0.4, -0.2) is 44.2 Å². The summed E-state index contributed by atoms with van der Waals surface area (Å²) in [6.45, 7) is 10.0. The van der Waals surface area contributed by atoms with Crippen LogP contribution in [0, 0.1) is 0 Å². The van der Waals surface area contributed by atoms with E-state index in [9.17, 15) is 9.59 Å². The first-order valence-electron chi connectivity index (χ1n) is 11.2. The zero-order chi connectivity index (χ0) is 26.0. The lowest BCUT2D eigenvalue weighted by Crippen LogP contribution is -2.32. The van der Waals surface area contributed by atoms with Crippen molar-refractivity contribution in [1.29, 1.82) is 0 Å². The van der Waals surface area contributed by atoms with Crippen molar-refractivity contribution in [3.8, 4) is 23.0 Å². The van der Waals surface area contributed by atoms with Crippen LogP contribution in [0.3, 0.4) is 0 Å². The lowest BCUT2D eigenvalue weighted by molar-refractivity contribution is -0.126. The van der Waals surface area contributed by atoms with E-state index >= 15 is 0 Å². The average Bonchev–Trinajstić information content (AvgIpc) is 2.79. The van der Waals surface area contributed by atoms with Gasteiger partial charge in [-0.3, -0.25) is 9.59 Å². The lowest BCUT2D eigenvalue weighted by Gasteiger charge is -2.16. The Balaban J connectivity index is 2.33. The molecule has 0 aliphatic rings. The first-order valence-corrected chi connectivity index (χ1v) is 11.9. The van der Waals surface area contributed by atoms with Gasteiger partial charge in [-0.25, -0.2) is 0 Å². The second-order valence-electron chi connectivity index (χ2n) is 6.98. The van der Waals surface area contributed by atoms with Crippen LogP contribution in [0.5, 0.6) is 23.0 Å². The maximum Gasteiger partial charge on any atom is 0.258 e. The summed E-state index contributed by atoms with van der Waals surface area (Å²) in [5.74, 6) is 0.299. The zero-order valence-electron chi connectivity index (χ0n) is 20.3. The van der Waals surface area contributed by atoms with E-state index in [1.807, 2.05) is 20.8 Å². The van der Waals surface area contributed by atoms with Crippen LogP contribution in [0.1, 0.15) is 34.6 Å². The molecule has 2 aromatic rings. The second kappa shape index (κ2) is 13.7. The van der Waals surface area contributed by atoms with Crippen LogP contribution in [0.4, 0.5) is 11.4 Å². The Bertz CT molecular complexity index is 1080. The van der Waals surface area contributed by atoms with Crippen molar-refractivity contribution < 1.29 is 28.5 Å². The van der Waals surface area contributed by atoms with Gasteiger partial charge in [-0.1, -0.05) is 23.2 Å². The van der Waals surface area contributed by atoms with Gasteiger partial charge in [-0.05, 0) is 46.8 Å². The normalized spacial score (nSPS) is 11.7. The molecule has 2 aromatic carbocycles. The third kappa shape index (κ3) is 7.73. The first kappa shape index (κ1) is 28.2. The molecule has 0 aliphatic heterocycles. The standard InChI is InChI=1S/C24H29Cl2N3O6/c1-6-32-19-13-20(33-7-2)18(12-16(19)25)27-24(31)22(14(5)30)29-28-15-10-17(26)23(35-9-4)21(11-15)34-8-3/h10-13,22H,6-9H2,1-5H3,(H,27,31). The monoisotopic (exact) mass is 525 g/mol. The first-order chi connectivity index (χ1) is 16.7. The van der Waals surface area contributed by atoms with Crippen LogP contribution in [0.25, 0.3) is 0 Å². The van der Waals surface area contributed by atoms with Crippen LogP contribution in [0.2, 0.25) is 10.0 Å². The summed E-state index contributed by atoms with van der Waals surface area (Å²) < 4.78 is 22.2. The Morgan fingerprint density at radius 3 is 2.03 bits per heavy atom. The topological polar surface area (TPSA) is 108 Å². The largest absolute Gasteiger partial charge is 0.492 e. The summed E-state index contributed by atoms with van der Waals surface area (Å²) in [4.78, 5) is 25.2. The molecule has 0 saturated carbocycles. The Morgan fingerprint density at radius 1 is 0.829 bits per heavy atom. The number of Topliss-reactive ketones (excluding diaryl/α,β-unsaturated/α-hetero) is 1. The number of ether oxygens (including phenoxy) is 4. The van der Waals surface area contributed by atoms with Crippen molar-refractivity contribution in [3.05, 3.63) is 34.3 Å². The summed E-state index contributed by atoms with van der Waals surface area (Å²) in [6.07, 6.45) is 0. The zero-order valence-corrected chi connectivity index (χ0v) is 21.8. The average molecular weight is 526 g/mol. The minimum atomic E-state index is -1.42. The number of halogens is 2. The molecular weight excluding hydrogens is 497 g/mol. The van der Waals surface area contributed by atoms with E-state index in [4.69, 9.17) is 42.1 Å². The number of rotatable bonds is 13. The van der Waals surface area contributed by atoms with Crippen LogP contribution in [0.15, 0.2) is 34.5 Å². The second-order valence-corrected chi connectivity index (χ2v) is 7.80. The predicted molar refractivity (Wildman–Crippen MR) is 135 cm³/mol. The molecule has 35 heavy (non-hydrogen) atoms. The molecule has 1 amide bonds. The van der Waals surface area contributed by atoms with Gasteiger partial charge in [0.25, 0.3) is 5.91 Å². The third-order valence-electron chi connectivity index (χ3n) is 4.40. The van der Waals surface area contributed by atoms with Gasteiger partial charge in [0.05, 0.1) is 47.8 Å². The molecule has 0 radical (unpaired) electrons. The fourth-order valence-electron chi connectivity index (χ4n) is 2.98. The Kier molecular flexibility index (Phi) is 11.1. The molecule has 0 aliphatic carbocycles.